The highest BCUT2D eigenvalue weighted by atomic mass is 16.2. The van der Waals surface area contributed by atoms with Gasteiger partial charge in [-0.3, -0.25) is 4.79 Å². The summed E-state index contributed by atoms with van der Waals surface area (Å²) in [5.41, 5.74) is 8.63. The van der Waals surface area contributed by atoms with Crippen molar-refractivity contribution in [1.29, 1.82) is 0 Å². The second-order valence-corrected chi connectivity index (χ2v) is 4.72. The number of nitrogens with two attached hydrogens (primary N) is 1. The van der Waals surface area contributed by atoms with Crippen molar-refractivity contribution in [2.24, 2.45) is 0 Å². The van der Waals surface area contributed by atoms with Crippen LogP contribution in [0.3, 0.4) is 0 Å². The van der Waals surface area contributed by atoms with Crippen LogP contribution in [0.1, 0.15) is 21.5 Å². The summed E-state index contributed by atoms with van der Waals surface area (Å²) >= 11 is 0. The Morgan fingerprint density at radius 1 is 1.26 bits per heavy atom. The van der Waals surface area contributed by atoms with Crippen molar-refractivity contribution in [2.75, 3.05) is 12.3 Å². The maximum Gasteiger partial charge on any atom is 0.254 e. The second-order valence-electron chi connectivity index (χ2n) is 4.72. The fourth-order valence-corrected chi connectivity index (χ4v) is 2.44. The molecule has 1 aromatic carbocycles. The highest BCUT2D eigenvalue weighted by Crippen LogP contribution is 2.20. The molecular weight excluding hydrogens is 238 g/mol. The highest BCUT2D eigenvalue weighted by molar-refractivity contribution is 5.96. The number of hydrogen-bond acceptors (Lipinski definition) is 3. The monoisotopic (exact) mass is 253 g/mol. The average molecular weight is 253 g/mol. The van der Waals surface area contributed by atoms with E-state index >= 15 is 0 Å². The standard InChI is InChI=1S/C15H15N3O/c16-14-9-11(5-7-17-14)10-18-8-6-12-3-1-2-4-13(12)15(18)19/h1-5,7,9H,6,8,10H2,(H2,16,17). The second kappa shape index (κ2) is 4.72. The maximum atomic E-state index is 12.4. The third-order valence-electron chi connectivity index (χ3n) is 3.40. The summed E-state index contributed by atoms with van der Waals surface area (Å²) in [4.78, 5) is 18.2. The number of benzene rings is 1. The number of pyridine rings is 1. The van der Waals surface area contributed by atoms with E-state index in [-0.39, 0.29) is 5.91 Å². The molecule has 4 heteroatoms. The third kappa shape index (κ3) is 2.29. The first kappa shape index (κ1) is 11.7. The third-order valence-corrected chi connectivity index (χ3v) is 3.40. The van der Waals surface area contributed by atoms with Gasteiger partial charge < -0.3 is 10.6 Å². The molecule has 0 atom stereocenters. The smallest absolute Gasteiger partial charge is 0.254 e. The average Bonchev–Trinajstić information content (AvgIpc) is 2.42. The quantitative estimate of drug-likeness (QED) is 0.888. The predicted octanol–water partition coefficient (Wildman–Crippen LogP) is 1.86. The van der Waals surface area contributed by atoms with Gasteiger partial charge in [0, 0.05) is 24.8 Å². The molecule has 2 aromatic rings. The van der Waals surface area contributed by atoms with Crippen molar-refractivity contribution in [1.82, 2.24) is 9.88 Å². The lowest BCUT2D eigenvalue weighted by molar-refractivity contribution is 0.0727. The van der Waals surface area contributed by atoms with Gasteiger partial charge in [-0.15, -0.1) is 0 Å². The lowest BCUT2D eigenvalue weighted by Crippen LogP contribution is -2.36. The predicted molar refractivity (Wildman–Crippen MR) is 73.5 cm³/mol. The molecule has 3 rings (SSSR count). The van der Waals surface area contributed by atoms with Gasteiger partial charge in [0.05, 0.1) is 0 Å². The number of amides is 1. The number of nitrogen functional groups attached to an aromatic ring is 1. The van der Waals surface area contributed by atoms with Crippen LogP contribution in [-0.4, -0.2) is 22.3 Å². The van der Waals surface area contributed by atoms with Crippen LogP contribution >= 0.6 is 0 Å². The van der Waals surface area contributed by atoms with Gasteiger partial charge in [-0.05, 0) is 35.7 Å². The summed E-state index contributed by atoms with van der Waals surface area (Å²) in [6.45, 7) is 1.33. The summed E-state index contributed by atoms with van der Waals surface area (Å²) in [5.74, 6) is 0.583. The van der Waals surface area contributed by atoms with Crippen LogP contribution in [0, 0.1) is 0 Å². The van der Waals surface area contributed by atoms with Crippen LogP contribution in [0.4, 0.5) is 5.82 Å². The SMILES string of the molecule is Nc1cc(CN2CCc3ccccc3C2=O)ccn1. The Morgan fingerprint density at radius 2 is 2.11 bits per heavy atom. The molecule has 0 saturated heterocycles. The number of rotatable bonds is 2. The minimum Gasteiger partial charge on any atom is -0.384 e. The number of carbonyl (C=O) groups excluding carboxylic acids is 1. The van der Waals surface area contributed by atoms with Crippen LogP contribution in [0.25, 0.3) is 0 Å². The van der Waals surface area contributed by atoms with Crippen molar-refractivity contribution in [3.63, 3.8) is 0 Å². The van der Waals surface area contributed by atoms with E-state index in [1.54, 1.807) is 6.20 Å². The lowest BCUT2D eigenvalue weighted by Gasteiger charge is -2.28. The minimum absolute atomic E-state index is 0.0947. The van der Waals surface area contributed by atoms with Crippen molar-refractivity contribution < 1.29 is 4.79 Å². The molecule has 1 aromatic heterocycles. The molecule has 0 spiro atoms. The van der Waals surface area contributed by atoms with E-state index in [0.29, 0.717) is 12.4 Å². The number of nitrogens with zero attached hydrogens (tertiary/aromatic N) is 2. The zero-order valence-electron chi connectivity index (χ0n) is 10.5. The maximum absolute atomic E-state index is 12.4. The van der Waals surface area contributed by atoms with Crippen LogP contribution < -0.4 is 5.73 Å². The Labute approximate surface area is 111 Å². The number of aromatic nitrogens is 1. The molecule has 0 fully saturated rings. The van der Waals surface area contributed by atoms with E-state index in [0.717, 1.165) is 29.7 Å². The Hall–Kier alpha value is -2.36. The summed E-state index contributed by atoms with van der Waals surface area (Å²) in [5, 5.41) is 0. The Bertz CT molecular complexity index is 624. The first-order valence-corrected chi connectivity index (χ1v) is 6.31. The number of hydrogen-bond donors (Lipinski definition) is 1. The Morgan fingerprint density at radius 3 is 2.95 bits per heavy atom. The lowest BCUT2D eigenvalue weighted by atomic mass is 9.99. The fourth-order valence-electron chi connectivity index (χ4n) is 2.44. The molecule has 1 amide bonds. The highest BCUT2D eigenvalue weighted by Gasteiger charge is 2.23. The Kier molecular flexibility index (Phi) is 2.91. The first-order chi connectivity index (χ1) is 9.24. The zero-order chi connectivity index (χ0) is 13.2. The van der Waals surface area contributed by atoms with E-state index < -0.39 is 0 Å². The van der Waals surface area contributed by atoms with Crippen molar-refractivity contribution >= 4 is 11.7 Å². The molecule has 0 unspecified atom stereocenters. The van der Waals surface area contributed by atoms with E-state index in [1.165, 1.54) is 0 Å². The molecule has 0 aliphatic carbocycles. The molecule has 0 radical (unpaired) electrons. The van der Waals surface area contributed by atoms with Crippen LogP contribution in [0.15, 0.2) is 42.6 Å². The molecule has 2 N–H and O–H groups in total. The van der Waals surface area contributed by atoms with E-state index in [9.17, 15) is 4.79 Å². The molecule has 1 aliphatic rings. The van der Waals surface area contributed by atoms with E-state index in [1.807, 2.05) is 41.3 Å². The van der Waals surface area contributed by atoms with Gasteiger partial charge in [-0.2, -0.15) is 0 Å². The fraction of sp³-hybridized carbons (Fsp3) is 0.200. The van der Waals surface area contributed by atoms with Gasteiger partial charge in [0.25, 0.3) is 5.91 Å². The van der Waals surface area contributed by atoms with Gasteiger partial charge in [-0.25, -0.2) is 4.98 Å². The van der Waals surface area contributed by atoms with Gasteiger partial charge in [0.2, 0.25) is 0 Å². The topological polar surface area (TPSA) is 59.2 Å². The summed E-state index contributed by atoms with van der Waals surface area (Å²) < 4.78 is 0. The molecule has 19 heavy (non-hydrogen) atoms. The summed E-state index contributed by atoms with van der Waals surface area (Å²) in [7, 11) is 0. The van der Waals surface area contributed by atoms with Crippen LogP contribution in [0.5, 0.6) is 0 Å². The minimum atomic E-state index is 0.0947. The van der Waals surface area contributed by atoms with E-state index in [4.69, 9.17) is 5.73 Å². The normalized spacial score (nSPS) is 14.3. The van der Waals surface area contributed by atoms with Gasteiger partial charge in [0.1, 0.15) is 5.82 Å². The zero-order valence-corrected chi connectivity index (χ0v) is 10.5. The summed E-state index contributed by atoms with van der Waals surface area (Å²) in [6.07, 6.45) is 2.58. The molecule has 0 saturated carbocycles. The van der Waals surface area contributed by atoms with Gasteiger partial charge in [0.15, 0.2) is 0 Å². The molecular formula is C15H15N3O. The van der Waals surface area contributed by atoms with E-state index in [2.05, 4.69) is 4.98 Å². The van der Waals surface area contributed by atoms with Gasteiger partial charge in [-0.1, -0.05) is 18.2 Å². The largest absolute Gasteiger partial charge is 0.384 e. The van der Waals surface area contributed by atoms with Crippen molar-refractivity contribution in [3.8, 4) is 0 Å². The van der Waals surface area contributed by atoms with Crippen LogP contribution in [0.2, 0.25) is 0 Å². The molecule has 2 heterocycles. The molecule has 4 nitrogen and oxygen atoms in total. The molecule has 1 aliphatic heterocycles. The van der Waals surface area contributed by atoms with Crippen molar-refractivity contribution in [3.05, 3.63) is 59.3 Å². The van der Waals surface area contributed by atoms with Crippen LogP contribution in [-0.2, 0) is 13.0 Å². The van der Waals surface area contributed by atoms with Gasteiger partial charge >= 0.3 is 0 Å². The Balaban J connectivity index is 1.83. The molecule has 96 valence electrons. The number of carbonyl (C=O) groups is 1. The number of fused-ring (bicyclic) bond motifs is 1. The van der Waals surface area contributed by atoms with Crippen molar-refractivity contribution in [2.45, 2.75) is 13.0 Å². The number of anilines is 1. The molecule has 0 bridgehead atoms. The first-order valence-electron chi connectivity index (χ1n) is 6.31. The summed E-state index contributed by atoms with van der Waals surface area (Å²) in [6, 6.07) is 11.5.